The number of hydrogen-bond donors (Lipinski definition) is 2. The second-order valence-electron chi connectivity index (χ2n) is 5.14. The van der Waals surface area contributed by atoms with Crippen molar-refractivity contribution in [3.8, 4) is 0 Å². The maximum absolute atomic E-state index is 11.9. The fourth-order valence-corrected chi connectivity index (χ4v) is 2.76. The zero-order valence-corrected chi connectivity index (χ0v) is 12.8. The van der Waals surface area contributed by atoms with Crippen molar-refractivity contribution < 1.29 is 14.7 Å². The molecule has 0 spiro atoms. The molecule has 1 fully saturated rings. The molecule has 0 bridgehead atoms. The SMILES string of the molecule is CCCC[C@H](NC(=O)CSc1nncn1C1CC1)C(=O)O. The van der Waals surface area contributed by atoms with Crippen molar-refractivity contribution in [2.24, 2.45) is 0 Å². The molecule has 116 valence electrons. The minimum atomic E-state index is -0.983. The topological polar surface area (TPSA) is 97.1 Å². The van der Waals surface area contributed by atoms with Crippen LogP contribution in [0.1, 0.15) is 45.1 Å². The first-order valence-corrected chi connectivity index (χ1v) is 8.14. The molecule has 2 rings (SSSR count). The van der Waals surface area contributed by atoms with Crippen LogP contribution < -0.4 is 5.32 Å². The van der Waals surface area contributed by atoms with Crippen LogP contribution in [0.15, 0.2) is 11.5 Å². The van der Waals surface area contributed by atoms with E-state index in [1.54, 1.807) is 6.33 Å². The molecule has 1 aromatic rings. The number of nitrogens with one attached hydrogen (secondary N) is 1. The summed E-state index contributed by atoms with van der Waals surface area (Å²) in [5.74, 6) is -1.11. The minimum absolute atomic E-state index is 0.154. The average Bonchev–Trinajstić information content (AvgIpc) is 3.19. The van der Waals surface area contributed by atoms with Gasteiger partial charge in [0.25, 0.3) is 0 Å². The lowest BCUT2D eigenvalue weighted by molar-refractivity contribution is -0.141. The van der Waals surface area contributed by atoms with Gasteiger partial charge in [0.05, 0.1) is 5.75 Å². The second kappa shape index (κ2) is 7.44. The van der Waals surface area contributed by atoms with Crippen molar-refractivity contribution in [3.05, 3.63) is 6.33 Å². The molecule has 7 nitrogen and oxygen atoms in total. The van der Waals surface area contributed by atoms with E-state index in [1.807, 2.05) is 11.5 Å². The number of aromatic nitrogens is 3. The summed E-state index contributed by atoms with van der Waals surface area (Å²) in [4.78, 5) is 22.9. The number of thioether (sulfide) groups is 1. The van der Waals surface area contributed by atoms with E-state index in [4.69, 9.17) is 5.11 Å². The Labute approximate surface area is 127 Å². The van der Waals surface area contributed by atoms with Crippen LogP contribution in [-0.4, -0.2) is 43.5 Å². The van der Waals surface area contributed by atoms with Gasteiger partial charge in [-0.2, -0.15) is 0 Å². The number of aliphatic carboxylic acids is 1. The molecule has 0 radical (unpaired) electrons. The van der Waals surface area contributed by atoms with Gasteiger partial charge in [0, 0.05) is 6.04 Å². The lowest BCUT2D eigenvalue weighted by atomic mass is 10.1. The first-order valence-electron chi connectivity index (χ1n) is 7.16. The molecule has 0 unspecified atom stereocenters. The zero-order chi connectivity index (χ0) is 15.2. The highest BCUT2D eigenvalue weighted by Gasteiger charge is 2.26. The Morgan fingerprint density at radius 3 is 2.95 bits per heavy atom. The molecule has 1 aromatic heterocycles. The van der Waals surface area contributed by atoms with Crippen LogP contribution >= 0.6 is 11.8 Å². The van der Waals surface area contributed by atoms with Gasteiger partial charge in [-0.25, -0.2) is 4.79 Å². The quantitative estimate of drug-likeness (QED) is 0.670. The number of unbranched alkanes of at least 4 members (excludes halogenated alkanes) is 1. The Morgan fingerprint density at radius 2 is 2.33 bits per heavy atom. The van der Waals surface area contributed by atoms with Crippen LogP contribution in [0.25, 0.3) is 0 Å². The zero-order valence-electron chi connectivity index (χ0n) is 12.0. The molecule has 1 aliphatic rings. The van der Waals surface area contributed by atoms with Gasteiger partial charge in [-0.3, -0.25) is 4.79 Å². The summed E-state index contributed by atoms with van der Waals surface area (Å²) in [6.07, 6.45) is 6.06. The average molecular weight is 312 g/mol. The number of amides is 1. The smallest absolute Gasteiger partial charge is 0.326 e. The van der Waals surface area contributed by atoms with Crippen molar-refractivity contribution >= 4 is 23.6 Å². The third-order valence-corrected chi connectivity index (χ3v) is 4.25. The van der Waals surface area contributed by atoms with Crippen molar-refractivity contribution in [3.63, 3.8) is 0 Å². The summed E-state index contributed by atoms with van der Waals surface area (Å²) in [6, 6.07) is -0.346. The Morgan fingerprint density at radius 1 is 1.57 bits per heavy atom. The summed E-state index contributed by atoms with van der Waals surface area (Å²) in [7, 11) is 0. The number of carboxylic acid groups (broad SMARTS) is 1. The molecule has 0 aromatic carbocycles. The minimum Gasteiger partial charge on any atom is -0.480 e. The van der Waals surface area contributed by atoms with Gasteiger partial charge in [-0.15, -0.1) is 10.2 Å². The highest BCUT2D eigenvalue weighted by Crippen LogP contribution is 2.37. The van der Waals surface area contributed by atoms with Crippen molar-refractivity contribution in [2.75, 3.05) is 5.75 Å². The van der Waals surface area contributed by atoms with Crippen LogP contribution in [0.3, 0.4) is 0 Å². The molecular formula is C13H20N4O3S. The number of rotatable bonds is 9. The first-order chi connectivity index (χ1) is 10.1. The van der Waals surface area contributed by atoms with Crippen LogP contribution in [0.2, 0.25) is 0 Å². The molecule has 2 N–H and O–H groups in total. The molecule has 0 saturated heterocycles. The van der Waals surface area contributed by atoms with Gasteiger partial charge >= 0.3 is 5.97 Å². The number of carbonyl (C=O) groups excluding carboxylic acids is 1. The number of hydrogen-bond acceptors (Lipinski definition) is 5. The van der Waals surface area contributed by atoms with Crippen molar-refractivity contribution in [1.82, 2.24) is 20.1 Å². The van der Waals surface area contributed by atoms with Crippen molar-refractivity contribution in [1.29, 1.82) is 0 Å². The van der Waals surface area contributed by atoms with Crippen molar-refractivity contribution in [2.45, 2.75) is 56.3 Å². The molecule has 21 heavy (non-hydrogen) atoms. The molecule has 1 saturated carbocycles. The fourth-order valence-electron chi connectivity index (χ4n) is 1.97. The lowest BCUT2D eigenvalue weighted by Gasteiger charge is -2.13. The molecule has 1 amide bonds. The maximum atomic E-state index is 11.9. The Kier molecular flexibility index (Phi) is 5.60. The van der Waals surface area contributed by atoms with Gasteiger partial charge in [0.15, 0.2) is 5.16 Å². The van der Waals surface area contributed by atoms with Crippen LogP contribution in [0.4, 0.5) is 0 Å². The summed E-state index contributed by atoms with van der Waals surface area (Å²) in [5.41, 5.74) is 0. The fraction of sp³-hybridized carbons (Fsp3) is 0.692. The van der Waals surface area contributed by atoms with Gasteiger partial charge in [-0.05, 0) is 19.3 Å². The van der Waals surface area contributed by atoms with Crippen LogP contribution in [-0.2, 0) is 9.59 Å². The maximum Gasteiger partial charge on any atom is 0.326 e. The summed E-state index contributed by atoms with van der Waals surface area (Å²) >= 11 is 1.29. The number of nitrogens with zero attached hydrogens (tertiary/aromatic N) is 3. The Balaban J connectivity index is 1.80. The van der Waals surface area contributed by atoms with Crippen LogP contribution in [0, 0.1) is 0 Å². The first kappa shape index (κ1) is 15.8. The van der Waals surface area contributed by atoms with E-state index in [9.17, 15) is 9.59 Å². The third kappa shape index (κ3) is 4.73. The second-order valence-corrected chi connectivity index (χ2v) is 6.08. The van der Waals surface area contributed by atoms with E-state index in [-0.39, 0.29) is 11.7 Å². The van der Waals surface area contributed by atoms with E-state index in [0.29, 0.717) is 17.6 Å². The third-order valence-electron chi connectivity index (χ3n) is 3.29. The van der Waals surface area contributed by atoms with E-state index >= 15 is 0 Å². The standard InChI is InChI=1S/C13H20N4O3S/c1-2-3-4-10(12(19)20)15-11(18)7-21-13-16-14-8-17(13)9-5-6-9/h8-10H,2-7H2,1H3,(H,15,18)(H,19,20)/t10-/m0/s1. The lowest BCUT2D eigenvalue weighted by Crippen LogP contribution is -2.41. The number of carboxylic acids is 1. The normalized spacial score (nSPS) is 15.7. The van der Waals surface area contributed by atoms with Gasteiger partial charge in [0.2, 0.25) is 5.91 Å². The molecule has 1 aliphatic carbocycles. The monoisotopic (exact) mass is 312 g/mol. The largest absolute Gasteiger partial charge is 0.480 e. The van der Waals surface area contributed by atoms with E-state index in [0.717, 1.165) is 25.7 Å². The molecule has 1 atom stereocenters. The Hall–Kier alpha value is -1.57. The van der Waals surface area contributed by atoms with Crippen LogP contribution in [0.5, 0.6) is 0 Å². The number of carbonyl (C=O) groups is 2. The van der Waals surface area contributed by atoms with Gasteiger partial charge < -0.3 is 15.0 Å². The predicted molar refractivity (Wildman–Crippen MR) is 78.1 cm³/mol. The predicted octanol–water partition coefficient (Wildman–Crippen LogP) is 1.46. The highest BCUT2D eigenvalue weighted by molar-refractivity contribution is 7.99. The van der Waals surface area contributed by atoms with E-state index < -0.39 is 12.0 Å². The van der Waals surface area contributed by atoms with Gasteiger partial charge in [-0.1, -0.05) is 31.5 Å². The molecule has 0 aliphatic heterocycles. The Bertz CT molecular complexity index is 501. The molecular weight excluding hydrogens is 292 g/mol. The van der Waals surface area contributed by atoms with Gasteiger partial charge in [0.1, 0.15) is 12.4 Å². The van der Waals surface area contributed by atoms with E-state index in [1.165, 1.54) is 11.8 Å². The summed E-state index contributed by atoms with van der Waals surface area (Å²) in [5, 5.41) is 20.2. The highest BCUT2D eigenvalue weighted by atomic mass is 32.2. The molecule has 8 heteroatoms. The van der Waals surface area contributed by atoms with E-state index in [2.05, 4.69) is 15.5 Å². The summed E-state index contributed by atoms with van der Waals surface area (Å²) in [6.45, 7) is 1.99. The molecule has 1 heterocycles. The summed E-state index contributed by atoms with van der Waals surface area (Å²) < 4.78 is 1.98.